The van der Waals surface area contributed by atoms with Crippen LogP contribution in [0.15, 0.2) is 10.5 Å². The lowest BCUT2D eigenvalue weighted by Gasteiger charge is -2.11. The van der Waals surface area contributed by atoms with Gasteiger partial charge in [0.1, 0.15) is 11.5 Å². The minimum atomic E-state index is 0.358. The topological polar surface area (TPSA) is 29.5 Å². The molecule has 0 aliphatic heterocycles. The first-order valence-electron chi connectivity index (χ1n) is 4.40. The van der Waals surface area contributed by atoms with E-state index in [1.807, 2.05) is 0 Å². The van der Waals surface area contributed by atoms with E-state index in [4.69, 9.17) is 4.74 Å². The molecule has 0 spiro atoms. The second-order valence-electron chi connectivity index (χ2n) is 3.41. The lowest BCUT2D eigenvalue weighted by Crippen LogP contribution is -1.93. The maximum Gasteiger partial charge on any atom is 0.137 e. The van der Waals surface area contributed by atoms with Crippen LogP contribution in [0, 0.1) is 3.57 Å². The van der Waals surface area contributed by atoms with E-state index >= 15 is 0 Å². The van der Waals surface area contributed by atoms with Crippen molar-refractivity contribution in [2.75, 3.05) is 7.11 Å². The van der Waals surface area contributed by atoms with Crippen molar-refractivity contribution >= 4 is 38.5 Å². The molecule has 0 atom stereocenters. The van der Waals surface area contributed by atoms with Gasteiger partial charge < -0.3 is 9.84 Å². The molecule has 0 heterocycles. The van der Waals surface area contributed by atoms with Crippen LogP contribution in [0.5, 0.6) is 11.5 Å². The van der Waals surface area contributed by atoms with Crippen molar-refractivity contribution in [3.8, 4) is 11.5 Å². The zero-order valence-electron chi connectivity index (χ0n) is 7.68. The fourth-order valence-electron chi connectivity index (χ4n) is 1.51. The molecule has 0 radical (unpaired) electrons. The Labute approximate surface area is 105 Å². The van der Waals surface area contributed by atoms with E-state index in [2.05, 4.69) is 38.5 Å². The minimum absolute atomic E-state index is 0.358. The van der Waals surface area contributed by atoms with Crippen LogP contribution in [0.4, 0.5) is 0 Å². The van der Waals surface area contributed by atoms with Crippen LogP contribution >= 0.6 is 38.5 Å². The molecule has 1 N–H and O–H groups in total. The predicted octanol–water partition coefficient (Wildman–Crippen LogP) is 3.65. The van der Waals surface area contributed by atoms with Crippen molar-refractivity contribution in [3.63, 3.8) is 0 Å². The summed E-state index contributed by atoms with van der Waals surface area (Å²) in [5.74, 6) is 1.59. The van der Waals surface area contributed by atoms with Crippen LogP contribution < -0.4 is 4.74 Å². The molecule has 0 saturated heterocycles. The summed E-state index contributed by atoms with van der Waals surface area (Å²) in [6.07, 6.45) is 2.37. The zero-order valence-corrected chi connectivity index (χ0v) is 11.4. The quantitative estimate of drug-likeness (QED) is 0.807. The Bertz CT molecular complexity index is 375. The first kappa shape index (κ1) is 10.5. The number of phenols is 1. The molecule has 2 nitrogen and oxygen atoms in total. The Balaban J connectivity index is 2.56. The highest BCUT2D eigenvalue weighted by atomic mass is 127. The molecule has 2 rings (SSSR count). The van der Waals surface area contributed by atoms with E-state index in [1.54, 1.807) is 13.2 Å². The summed E-state index contributed by atoms with van der Waals surface area (Å²) in [6.45, 7) is 0. The Hall–Kier alpha value is 0.0300. The molecule has 76 valence electrons. The number of rotatable bonds is 2. The van der Waals surface area contributed by atoms with Gasteiger partial charge in [-0.1, -0.05) is 0 Å². The van der Waals surface area contributed by atoms with Crippen LogP contribution in [0.1, 0.15) is 24.3 Å². The van der Waals surface area contributed by atoms with Crippen molar-refractivity contribution in [1.29, 1.82) is 0 Å². The number of halogens is 2. The molecule has 4 heteroatoms. The summed E-state index contributed by atoms with van der Waals surface area (Å²) in [7, 11) is 1.60. The van der Waals surface area contributed by atoms with Crippen molar-refractivity contribution in [1.82, 2.24) is 0 Å². The first-order valence-corrected chi connectivity index (χ1v) is 6.27. The summed E-state index contributed by atoms with van der Waals surface area (Å²) in [4.78, 5) is 0. The number of benzene rings is 1. The van der Waals surface area contributed by atoms with Gasteiger partial charge in [0.15, 0.2) is 0 Å². The smallest absolute Gasteiger partial charge is 0.137 e. The van der Waals surface area contributed by atoms with Gasteiger partial charge in [-0.2, -0.15) is 0 Å². The van der Waals surface area contributed by atoms with E-state index in [0.29, 0.717) is 17.4 Å². The van der Waals surface area contributed by atoms with Crippen molar-refractivity contribution in [2.24, 2.45) is 0 Å². The molecule has 1 aliphatic rings. The Kier molecular flexibility index (Phi) is 2.93. The normalized spacial score (nSPS) is 15.6. The van der Waals surface area contributed by atoms with Crippen LogP contribution in [0.2, 0.25) is 0 Å². The van der Waals surface area contributed by atoms with Gasteiger partial charge in [-0.15, -0.1) is 0 Å². The number of hydrogen-bond acceptors (Lipinski definition) is 2. The summed E-state index contributed by atoms with van der Waals surface area (Å²) in [5.41, 5.74) is 1.07. The zero-order chi connectivity index (χ0) is 10.3. The SMILES string of the molecule is COc1cc(O)c(C2CC2)c(I)c1Br. The average Bonchev–Trinajstić information content (AvgIpc) is 2.95. The van der Waals surface area contributed by atoms with Gasteiger partial charge >= 0.3 is 0 Å². The third-order valence-electron chi connectivity index (χ3n) is 2.39. The summed E-state index contributed by atoms with van der Waals surface area (Å²) in [5, 5.41) is 9.83. The molecular formula is C10H10BrIO2. The summed E-state index contributed by atoms with van der Waals surface area (Å²) >= 11 is 5.73. The minimum Gasteiger partial charge on any atom is -0.507 e. The number of ether oxygens (including phenoxy) is 1. The monoisotopic (exact) mass is 368 g/mol. The van der Waals surface area contributed by atoms with E-state index in [0.717, 1.165) is 13.6 Å². The highest BCUT2D eigenvalue weighted by Crippen LogP contribution is 2.49. The standard InChI is InChI=1S/C10H10BrIO2/c1-14-7-4-6(13)8(5-2-3-5)10(12)9(7)11/h4-5,13H,2-3H2,1H3. The third kappa shape index (κ3) is 1.74. The fraction of sp³-hybridized carbons (Fsp3) is 0.400. The van der Waals surface area contributed by atoms with Crippen molar-refractivity contribution in [2.45, 2.75) is 18.8 Å². The molecule has 1 aromatic rings. The Morgan fingerprint density at radius 1 is 1.57 bits per heavy atom. The largest absolute Gasteiger partial charge is 0.507 e. The average molecular weight is 369 g/mol. The number of aromatic hydroxyl groups is 1. The van der Waals surface area contributed by atoms with E-state index in [9.17, 15) is 5.11 Å². The molecule has 1 aliphatic carbocycles. The maximum absolute atomic E-state index is 9.83. The second-order valence-corrected chi connectivity index (χ2v) is 5.29. The highest BCUT2D eigenvalue weighted by molar-refractivity contribution is 14.1. The van der Waals surface area contributed by atoms with E-state index < -0.39 is 0 Å². The van der Waals surface area contributed by atoms with Gasteiger partial charge in [0.25, 0.3) is 0 Å². The third-order valence-corrected chi connectivity index (χ3v) is 5.04. The van der Waals surface area contributed by atoms with Crippen LogP contribution in [-0.4, -0.2) is 12.2 Å². The Morgan fingerprint density at radius 3 is 2.71 bits per heavy atom. The fourth-order valence-corrected chi connectivity index (χ4v) is 2.99. The molecule has 1 fully saturated rings. The van der Waals surface area contributed by atoms with Gasteiger partial charge in [0.05, 0.1) is 11.6 Å². The van der Waals surface area contributed by atoms with E-state index in [-0.39, 0.29) is 0 Å². The molecule has 1 saturated carbocycles. The van der Waals surface area contributed by atoms with Crippen molar-refractivity contribution < 1.29 is 9.84 Å². The number of methoxy groups -OCH3 is 1. The van der Waals surface area contributed by atoms with Crippen LogP contribution in [0.3, 0.4) is 0 Å². The molecule has 0 amide bonds. The molecule has 0 unspecified atom stereocenters. The van der Waals surface area contributed by atoms with Gasteiger partial charge in [0, 0.05) is 15.2 Å². The predicted molar refractivity (Wildman–Crippen MR) is 67.1 cm³/mol. The highest BCUT2D eigenvalue weighted by Gasteiger charge is 2.30. The number of phenolic OH excluding ortho intramolecular Hbond substituents is 1. The lowest BCUT2D eigenvalue weighted by atomic mass is 10.1. The molecule has 0 bridgehead atoms. The molecular weight excluding hydrogens is 359 g/mol. The van der Waals surface area contributed by atoms with E-state index in [1.165, 1.54) is 12.8 Å². The summed E-state index contributed by atoms with van der Waals surface area (Å²) < 4.78 is 7.17. The lowest BCUT2D eigenvalue weighted by molar-refractivity contribution is 0.403. The first-order chi connectivity index (χ1) is 6.65. The molecule has 1 aromatic carbocycles. The second kappa shape index (κ2) is 3.89. The van der Waals surface area contributed by atoms with Crippen LogP contribution in [-0.2, 0) is 0 Å². The Morgan fingerprint density at radius 2 is 2.21 bits per heavy atom. The van der Waals surface area contributed by atoms with Gasteiger partial charge in [0.2, 0.25) is 0 Å². The van der Waals surface area contributed by atoms with Gasteiger partial charge in [-0.05, 0) is 57.3 Å². The maximum atomic E-state index is 9.83. The van der Waals surface area contributed by atoms with Gasteiger partial charge in [-0.3, -0.25) is 0 Å². The molecule has 0 aromatic heterocycles. The summed E-state index contributed by atoms with van der Waals surface area (Å²) in [6, 6.07) is 1.68. The van der Waals surface area contributed by atoms with Crippen LogP contribution in [0.25, 0.3) is 0 Å². The van der Waals surface area contributed by atoms with Gasteiger partial charge in [-0.25, -0.2) is 0 Å². The molecule has 14 heavy (non-hydrogen) atoms. The number of hydrogen-bond donors (Lipinski definition) is 1. The van der Waals surface area contributed by atoms with Crippen molar-refractivity contribution in [3.05, 3.63) is 19.7 Å².